The fourth-order valence-electron chi connectivity index (χ4n) is 4.36. The Morgan fingerprint density at radius 3 is 2.37 bits per heavy atom. The predicted molar refractivity (Wildman–Crippen MR) is 117 cm³/mol. The van der Waals surface area contributed by atoms with Gasteiger partial charge in [-0.15, -0.1) is 0 Å². The van der Waals surface area contributed by atoms with Gasteiger partial charge in [0.15, 0.2) is 0 Å². The van der Waals surface area contributed by atoms with Crippen molar-refractivity contribution in [1.82, 2.24) is 0 Å². The van der Waals surface area contributed by atoms with E-state index >= 15 is 0 Å². The van der Waals surface area contributed by atoms with Crippen LogP contribution in [0.25, 0.3) is 22.3 Å². The second-order valence-corrected chi connectivity index (χ2v) is 8.13. The summed E-state index contributed by atoms with van der Waals surface area (Å²) in [6.45, 7) is 2.23. The minimum Gasteiger partial charge on any atom is -0.206 e. The molecule has 30 heavy (non-hydrogen) atoms. The Morgan fingerprint density at radius 2 is 1.60 bits per heavy atom. The highest BCUT2D eigenvalue weighted by Crippen LogP contribution is 2.40. The summed E-state index contributed by atoms with van der Waals surface area (Å²) >= 11 is 0. The van der Waals surface area contributed by atoms with Gasteiger partial charge < -0.3 is 0 Å². The number of halogens is 2. The Kier molecular flexibility index (Phi) is 5.95. The molecule has 0 aromatic heterocycles. The number of rotatable bonds is 7. The Balaban J connectivity index is 1.57. The smallest absolute Gasteiger partial charge is 0.141 e. The summed E-state index contributed by atoms with van der Waals surface area (Å²) in [7, 11) is 0. The first-order valence-corrected chi connectivity index (χ1v) is 10.8. The first-order chi connectivity index (χ1) is 14.6. The van der Waals surface area contributed by atoms with E-state index in [9.17, 15) is 8.78 Å². The van der Waals surface area contributed by atoms with Gasteiger partial charge >= 0.3 is 0 Å². The lowest BCUT2D eigenvalue weighted by atomic mass is 9.97. The van der Waals surface area contributed by atoms with Crippen LogP contribution >= 0.6 is 0 Å². The van der Waals surface area contributed by atoms with Gasteiger partial charge in [0, 0.05) is 5.56 Å². The van der Waals surface area contributed by atoms with Crippen LogP contribution in [-0.4, -0.2) is 0 Å². The number of aryl methyl sites for hydroxylation is 1. The van der Waals surface area contributed by atoms with Crippen LogP contribution in [0.3, 0.4) is 0 Å². The second-order valence-electron chi connectivity index (χ2n) is 8.13. The highest BCUT2D eigenvalue weighted by molar-refractivity contribution is 5.81. The summed E-state index contributed by atoms with van der Waals surface area (Å²) in [5, 5.41) is 8.91. The SMILES string of the molecule is CCCCCCCc1ccc2c(c1)Cc1cc(-c3ccc(C#N)c(F)c3)c(F)cc1-2. The molecule has 3 aromatic carbocycles. The third kappa shape index (κ3) is 4.00. The van der Waals surface area contributed by atoms with E-state index in [1.165, 1.54) is 55.4 Å². The molecule has 0 amide bonds. The van der Waals surface area contributed by atoms with E-state index < -0.39 is 5.82 Å². The predicted octanol–water partition coefficient (Wildman–Crippen LogP) is 7.59. The minimum absolute atomic E-state index is 0.0325. The van der Waals surface area contributed by atoms with Gasteiger partial charge in [-0.25, -0.2) is 8.78 Å². The summed E-state index contributed by atoms with van der Waals surface area (Å²) in [5.74, 6) is -0.993. The molecule has 0 bridgehead atoms. The van der Waals surface area contributed by atoms with E-state index in [0.717, 1.165) is 29.5 Å². The topological polar surface area (TPSA) is 23.8 Å². The molecule has 0 spiro atoms. The summed E-state index contributed by atoms with van der Waals surface area (Å²) in [4.78, 5) is 0. The number of hydrogen-bond donors (Lipinski definition) is 0. The monoisotopic (exact) mass is 401 g/mol. The Bertz CT molecular complexity index is 1120. The molecular weight excluding hydrogens is 376 g/mol. The minimum atomic E-state index is -0.623. The lowest BCUT2D eigenvalue weighted by Gasteiger charge is -2.09. The molecule has 0 saturated heterocycles. The number of nitriles is 1. The van der Waals surface area contributed by atoms with Crippen LogP contribution in [-0.2, 0) is 12.8 Å². The molecule has 1 aliphatic rings. The molecule has 3 aromatic rings. The lowest BCUT2D eigenvalue weighted by molar-refractivity contribution is 0.622. The van der Waals surface area contributed by atoms with Crippen LogP contribution in [0.5, 0.6) is 0 Å². The zero-order valence-electron chi connectivity index (χ0n) is 17.3. The van der Waals surface area contributed by atoms with E-state index in [4.69, 9.17) is 5.26 Å². The van der Waals surface area contributed by atoms with Gasteiger partial charge in [-0.05, 0) is 76.9 Å². The zero-order chi connectivity index (χ0) is 21.1. The van der Waals surface area contributed by atoms with Gasteiger partial charge in [-0.3, -0.25) is 0 Å². The molecule has 4 rings (SSSR count). The van der Waals surface area contributed by atoms with E-state index in [1.54, 1.807) is 18.2 Å². The number of nitrogens with zero attached hydrogens (tertiary/aromatic N) is 1. The average Bonchev–Trinajstić information content (AvgIpc) is 3.09. The van der Waals surface area contributed by atoms with E-state index in [1.807, 2.05) is 6.07 Å². The maximum absolute atomic E-state index is 14.9. The van der Waals surface area contributed by atoms with E-state index in [0.29, 0.717) is 11.1 Å². The van der Waals surface area contributed by atoms with Crippen molar-refractivity contribution in [2.24, 2.45) is 0 Å². The number of unbranched alkanes of at least 4 members (excludes halogenated alkanes) is 4. The van der Waals surface area contributed by atoms with Gasteiger partial charge in [0.05, 0.1) is 5.56 Å². The van der Waals surface area contributed by atoms with Gasteiger partial charge in [0.2, 0.25) is 0 Å². The second kappa shape index (κ2) is 8.79. The van der Waals surface area contributed by atoms with Crippen molar-refractivity contribution < 1.29 is 8.78 Å². The van der Waals surface area contributed by atoms with Crippen molar-refractivity contribution in [3.05, 3.63) is 82.4 Å². The molecule has 0 N–H and O–H groups in total. The normalized spacial score (nSPS) is 11.8. The number of fused-ring (bicyclic) bond motifs is 3. The third-order valence-corrected chi connectivity index (χ3v) is 6.00. The molecule has 0 saturated carbocycles. The molecular formula is C27H25F2N. The standard InChI is InChI=1S/C27H25F2N/c1-2-3-4-5-6-7-18-8-11-23-21(12-18)13-22-14-25(27(29)16-24(22)23)19-9-10-20(17-30)26(28)15-19/h8-12,14-16H,2-7,13H2,1H3. The van der Waals surface area contributed by atoms with Gasteiger partial charge in [0.1, 0.15) is 17.7 Å². The molecule has 152 valence electrons. The number of hydrogen-bond acceptors (Lipinski definition) is 1. The van der Waals surface area contributed by atoms with Crippen molar-refractivity contribution in [2.75, 3.05) is 0 Å². The molecule has 0 heterocycles. The maximum atomic E-state index is 14.9. The molecule has 0 unspecified atom stereocenters. The van der Waals surface area contributed by atoms with Gasteiger partial charge in [0.25, 0.3) is 0 Å². The highest BCUT2D eigenvalue weighted by atomic mass is 19.1. The fourth-order valence-corrected chi connectivity index (χ4v) is 4.36. The van der Waals surface area contributed by atoms with E-state index in [-0.39, 0.29) is 11.4 Å². The number of benzene rings is 3. The molecule has 0 atom stereocenters. The van der Waals surface area contributed by atoms with Crippen molar-refractivity contribution in [3.63, 3.8) is 0 Å². The van der Waals surface area contributed by atoms with Gasteiger partial charge in [-0.1, -0.05) is 56.9 Å². The fraction of sp³-hybridized carbons (Fsp3) is 0.296. The Hall–Kier alpha value is -2.99. The third-order valence-electron chi connectivity index (χ3n) is 6.00. The summed E-state index contributed by atoms with van der Waals surface area (Å²) < 4.78 is 28.9. The summed E-state index contributed by atoms with van der Waals surface area (Å²) in [6.07, 6.45) is 8.17. The zero-order valence-corrected chi connectivity index (χ0v) is 17.3. The molecule has 1 aliphatic carbocycles. The highest BCUT2D eigenvalue weighted by Gasteiger charge is 2.22. The van der Waals surface area contributed by atoms with Crippen LogP contribution in [0, 0.1) is 23.0 Å². The Labute approximate surface area is 177 Å². The van der Waals surface area contributed by atoms with Crippen LogP contribution in [0.1, 0.15) is 61.3 Å². The van der Waals surface area contributed by atoms with Crippen molar-refractivity contribution in [1.29, 1.82) is 5.26 Å². The van der Waals surface area contributed by atoms with E-state index in [2.05, 4.69) is 25.1 Å². The van der Waals surface area contributed by atoms with Crippen molar-refractivity contribution in [2.45, 2.75) is 51.9 Å². The maximum Gasteiger partial charge on any atom is 0.141 e. The average molecular weight is 402 g/mol. The molecule has 0 fully saturated rings. The van der Waals surface area contributed by atoms with Crippen LogP contribution in [0.15, 0.2) is 48.5 Å². The largest absolute Gasteiger partial charge is 0.206 e. The van der Waals surface area contributed by atoms with Crippen LogP contribution in [0.4, 0.5) is 8.78 Å². The van der Waals surface area contributed by atoms with Crippen molar-refractivity contribution >= 4 is 0 Å². The lowest BCUT2D eigenvalue weighted by Crippen LogP contribution is -1.91. The van der Waals surface area contributed by atoms with Gasteiger partial charge in [-0.2, -0.15) is 5.26 Å². The molecule has 1 nitrogen and oxygen atoms in total. The van der Waals surface area contributed by atoms with Crippen LogP contribution < -0.4 is 0 Å². The first-order valence-electron chi connectivity index (χ1n) is 10.8. The van der Waals surface area contributed by atoms with Crippen molar-refractivity contribution in [3.8, 4) is 28.3 Å². The summed E-state index contributed by atoms with van der Waals surface area (Å²) in [5.41, 5.74) is 6.45. The molecule has 3 heteroatoms. The molecule has 0 radical (unpaired) electrons. The molecule has 0 aliphatic heterocycles. The quantitative estimate of drug-likeness (QED) is 0.293. The van der Waals surface area contributed by atoms with Crippen LogP contribution in [0.2, 0.25) is 0 Å². The Morgan fingerprint density at radius 1 is 0.800 bits per heavy atom. The summed E-state index contributed by atoms with van der Waals surface area (Å²) in [6, 6.07) is 16.0. The first kappa shape index (κ1) is 20.3.